The van der Waals surface area contributed by atoms with Crippen molar-refractivity contribution in [2.75, 3.05) is 26.4 Å². The molecule has 4 N–H and O–H groups in total. The van der Waals surface area contributed by atoms with E-state index >= 15 is 0 Å². The van der Waals surface area contributed by atoms with Crippen molar-refractivity contribution in [1.82, 2.24) is 10.6 Å². The smallest absolute Gasteiger partial charge is 0.312 e. The Hall–Kier alpha value is -2.97. The van der Waals surface area contributed by atoms with E-state index in [0.29, 0.717) is 24.7 Å². The summed E-state index contributed by atoms with van der Waals surface area (Å²) >= 11 is 0. The van der Waals surface area contributed by atoms with Crippen LogP contribution in [0.3, 0.4) is 0 Å². The summed E-state index contributed by atoms with van der Waals surface area (Å²) in [5.41, 5.74) is 5.77. The summed E-state index contributed by atoms with van der Waals surface area (Å²) in [5, 5.41) is 5.14. The molecule has 1 heterocycles. The first-order chi connectivity index (χ1) is 12.9. The van der Waals surface area contributed by atoms with Crippen molar-refractivity contribution in [2.24, 2.45) is 11.7 Å². The Morgan fingerprint density at radius 2 is 1.89 bits per heavy atom. The SMILES string of the molecule is CC(C)[C@H](NC(=O)COC(=O)CCNC(N)=O)c1ccc2c(c1)OCCO2. The summed E-state index contributed by atoms with van der Waals surface area (Å²) in [6.45, 7) is 4.60. The second kappa shape index (κ2) is 9.65. The molecule has 2 rings (SSSR count). The molecule has 3 amide bonds. The number of esters is 1. The van der Waals surface area contributed by atoms with Gasteiger partial charge in [-0.3, -0.25) is 9.59 Å². The number of nitrogens with one attached hydrogen (secondary N) is 2. The predicted octanol–water partition coefficient (Wildman–Crippen LogP) is 0.873. The van der Waals surface area contributed by atoms with Crippen LogP contribution in [0.15, 0.2) is 18.2 Å². The van der Waals surface area contributed by atoms with Gasteiger partial charge in [-0.15, -0.1) is 0 Å². The van der Waals surface area contributed by atoms with E-state index < -0.39 is 24.5 Å². The van der Waals surface area contributed by atoms with E-state index in [1.54, 1.807) is 0 Å². The largest absolute Gasteiger partial charge is 0.486 e. The van der Waals surface area contributed by atoms with Crippen molar-refractivity contribution >= 4 is 17.9 Å². The van der Waals surface area contributed by atoms with Gasteiger partial charge in [0.2, 0.25) is 0 Å². The number of ether oxygens (including phenoxy) is 3. The van der Waals surface area contributed by atoms with Gasteiger partial charge >= 0.3 is 12.0 Å². The van der Waals surface area contributed by atoms with Crippen LogP contribution in [0.25, 0.3) is 0 Å². The van der Waals surface area contributed by atoms with Gasteiger partial charge in [-0.05, 0) is 23.6 Å². The maximum absolute atomic E-state index is 12.2. The van der Waals surface area contributed by atoms with Crippen LogP contribution in [0.5, 0.6) is 11.5 Å². The number of amides is 3. The molecular formula is C18H25N3O6. The Kier molecular flexibility index (Phi) is 7.27. The van der Waals surface area contributed by atoms with Crippen molar-refractivity contribution in [2.45, 2.75) is 26.3 Å². The average Bonchev–Trinajstić information content (AvgIpc) is 2.63. The van der Waals surface area contributed by atoms with Crippen LogP contribution in [0.1, 0.15) is 31.9 Å². The molecule has 0 aliphatic carbocycles. The molecule has 0 saturated heterocycles. The van der Waals surface area contributed by atoms with Crippen LogP contribution in [0.2, 0.25) is 0 Å². The zero-order chi connectivity index (χ0) is 19.8. The fraction of sp³-hybridized carbons (Fsp3) is 0.500. The lowest BCUT2D eigenvalue weighted by atomic mass is 9.95. The fourth-order valence-electron chi connectivity index (χ4n) is 2.61. The molecule has 1 aliphatic heterocycles. The molecule has 0 fully saturated rings. The summed E-state index contributed by atoms with van der Waals surface area (Å²) in [5.74, 6) is 0.412. The molecule has 1 aromatic carbocycles. The number of primary amides is 1. The van der Waals surface area contributed by atoms with Crippen molar-refractivity contribution in [3.05, 3.63) is 23.8 Å². The van der Waals surface area contributed by atoms with Crippen LogP contribution in [-0.4, -0.2) is 44.3 Å². The molecule has 0 unspecified atom stereocenters. The second-order valence-corrected chi connectivity index (χ2v) is 6.39. The number of urea groups is 1. The van der Waals surface area contributed by atoms with Gasteiger partial charge in [0.1, 0.15) is 13.2 Å². The fourth-order valence-corrected chi connectivity index (χ4v) is 2.61. The maximum Gasteiger partial charge on any atom is 0.312 e. The molecule has 0 spiro atoms. The summed E-state index contributed by atoms with van der Waals surface area (Å²) in [4.78, 5) is 34.3. The summed E-state index contributed by atoms with van der Waals surface area (Å²) in [7, 11) is 0. The van der Waals surface area contributed by atoms with E-state index in [0.717, 1.165) is 5.56 Å². The minimum Gasteiger partial charge on any atom is -0.486 e. The van der Waals surface area contributed by atoms with Crippen LogP contribution < -0.4 is 25.8 Å². The predicted molar refractivity (Wildman–Crippen MR) is 96.3 cm³/mol. The molecule has 1 atom stereocenters. The van der Waals surface area contributed by atoms with E-state index in [9.17, 15) is 14.4 Å². The van der Waals surface area contributed by atoms with Crippen LogP contribution >= 0.6 is 0 Å². The van der Waals surface area contributed by atoms with Gasteiger partial charge in [-0.1, -0.05) is 19.9 Å². The number of fused-ring (bicyclic) bond motifs is 1. The molecule has 0 bridgehead atoms. The van der Waals surface area contributed by atoms with Crippen LogP contribution in [0, 0.1) is 5.92 Å². The molecule has 0 radical (unpaired) electrons. The molecule has 148 valence electrons. The highest BCUT2D eigenvalue weighted by atomic mass is 16.6. The molecule has 9 heteroatoms. The monoisotopic (exact) mass is 379 g/mol. The minimum atomic E-state index is -0.722. The highest BCUT2D eigenvalue weighted by molar-refractivity contribution is 5.81. The van der Waals surface area contributed by atoms with E-state index in [-0.39, 0.29) is 24.9 Å². The highest BCUT2D eigenvalue weighted by Gasteiger charge is 2.22. The zero-order valence-electron chi connectivity index (χ0n) is 15.4. The van der Waals surface area contributed by atoms with E-state index in [4.69, 9.17) is 19.9 Å². The number of carbonyl (C=O) groups is 3. The third-order valence-electron chi connectivity index (χ3n) is 3.90. The number of carbonyl (C=O) groups excluding carboxylic acids is 3. The Morgan fingerprint density at radius 1 is 1.19 bits per heavy atom. The lowest BCUT2D eigenvalue weighted by Crippen LogP contribution is -2.35. The molecule has 27 heavy (non-hydrogen) atoms. The Balaban J connectivity index is 1.89. The molecule has 0 saturated carbocycles. The first-order valence-corrected chi connectivity index (χ1v) is 8.74. The third-order valence-corrected chi connectivity index (χ3v) is 3.90. The molecular weight excluding hydrogens is 354 g/mol. The van der Waals surface area contributed by atoms with Crippen molar-refractivity contribution in [1.29, 1.82) is 0 Å². The normalized spacial score (nSPS) is 13.6. The topological polar surface area (TPSA) is 129 Å². The number of hydrogen-bond acceptors (Lipinski definition) is 6. The van der Waals surface area contributed by atoms with Crippen LogP contribution in [-0.2, 0) is 14.3 Å². The number of benzene rings is 1. The Labute approximate surface area is 157 Å². The molecule has 1 aliphatic rings. The van der Waals surface area contributed by atoms with Crippen molar-refractivity contribution < 1.29 is 28.6 Å². The highest BCUT2D eigenvalue weighted by Crippen LogP contribution is 2.34. The minimum absolute atomic E-state index is 0.0571. The lowest BCUT2D eigenvalue weighted by Gasteiger charge is -2.25. The van der Waals surface area contributed by atoms with Crippen LogP contribution in [0.4, 0.5) is 4.79 Å². The van der Waals surface area contributed by atoms with Crippen molar-refractivity contribution in [3.8, 4) is 11.5 Å². The Morgan fingerprint density at radius 3 is 2.56 bits per heavy atom. The van der Waals surface area contributed by atoms with Gasteiger partial charge < -0.3 is 30.6 Å². The molecule has 1 aromatic rings. The Bertz CT molecular complexity index is 692. The van der Waals surface area contributed by atoms with E-state index in [1.807, 2.05) is 32.0 Å². The van der Waals surface area contributed by atoms with Gasteiger partial charge in [-0.2, -0.15) is 0 Å². The summed E-state index contributed by atoms with van der Waals surface area (Å²) in [6.07, 6.45) is -0.0635. The van der Waals surface area contributed by atoms with E-state index in [2.05, 4.69) is 10.6 Å². The first-order valence-electron chi connectivity index (χ1n) is 8.74. The standard InChI is InChI=1S/C18H25N3O6/c1-11(2)17(12-3-4-13-14(9-12)26-8-7-25-13)21-15(22)10-27-16(23)5-6-20-18(19)24/h3-4,9,11,17H,5-8,10H2,1-2H3,(H,21,22)(H3,19,20,24)/t17-/m0/s1. The number of nitrogens with two attached hydrogens (primary N) is 1. The van der Waals surface area contributed by atoms with Gasteiger partial charge in [0.15, 0.2) is 18.1 Å². The zero-order valence-corrected chi connectivity index (χ0v) is 15.4. The first kappa shape index (κ1) is 20.3. The van der Waals surface area contributed by atoms with Crippen molar-refractivity contribution in [3.63, 3.8) is 0 Å². The number of hydrogen-bond donors (Lipinski definition) is 3. The van der Waals surface area contributed by atoms with Gasteiger partial charge in [0, 0.05) is 6.54 Å². The van der Waals surface area contributed by atoms with Gasteiger partial charge in [0.25, 0.3) is 5.91 Å². The van der Waals surface area contributed by atoms with Gasteiger partial charge in [0.05, 0.1) is 12.5 Å². The number of rotatable bonds is 8. The maximum atomic E-state index is 12.2. The van der Waals surface area contributed by atoms with E-state index in [1.165, 1.54) is 0 Å². The molecule has 0 aromatic heterocycles. The second-order valence-electron chi connectivity index (χ2n) is 6.39. The summed E-state index contributed by atoms with van der Waals surface area (Å²) < 4.78 is 16.0. The lowest BCUT2D eigenvalue weighted by molar-refractivity contribution is -0.148. The van der Waals surface area contributed by atoms with Gasteiger partial charge in [-0.25, -0.2) is 4.79 Å². The quantitative estimate of drug-likeness (QED) is 0.575. The third kappa shape index (κ3) is 6.36. The average molecular weight is 379 g/mol. The summed E-state index contributed by atoms with van der Waals surface area (Å²) in [6, 6.07) is 4.54. The molecule has 9 nitrogen and oxygen atoms in total.